The fourth-order valence-corrected chi connectivity index (χ4v) is 2.94. The van der Waals surface area contributed by atoms with Gasteiger partial charge in [-0.1, -0.05) is 23.7 Å². The van der Waals surface area contributed by atoms with Crippen molar-refractivity contribution in [3.63, 3.8) is 0 Å². The molecule has 130 valence electrons. The number of rotatable bonds is 5. The SMILES string of the molecule is COC(=O)Nc1cccc(Cl)c1CNCc1c(C)nc2ccccn12. The topological polar surface area (TPSA) is 67.7 Å². The predicted octanol–water partition coefficient (Wildman–Crippen LogP) is 3.76. The molecule has 0 unspecified atom stereocenters. The molecule has 2 aromatic heterocycles. The van der Waals surface area contributed by atoms with Gasteiger partial charge in [0, 0.05) is 35.6 Å². The molecule has 3 rings (SSSR count). The third-order valence-electron chi connectivity index (χ3n) is 3.96. The largest absolute Gasteiger partial charge is 0.453 e. The molecule has 0 aliphatic heterocycles. The van der Waals surface area contributed by atoms with Gasteiger partial charge < -0.3 is 14.5 Å². The number of anilines is 1. The number of pyridine rings is 1. The molecule has 2 heterocycles. The van der Waals surface area contributed by atoms with Gasteiger partial charge in [-0.05, 0) is 31.2 Å². The fraction of sp³-hybridized carbons (Fsp3) is 0.222. The van der Waals surface area contributed by atoms with Crippen LogP contribution < -0.4 is 10.6 Å². The highest BCUT2D eigenvalue weighted by Crippen LogP contribution is 2.24. The number of ether oxygens (including phenoxy) is 1. The summed E-state index contributed by atoms with van der Waals surface area (Å²) in [6.45, 7) is 3.11. The van der Waals surface area contributed by atoms with Gasteiger partial charge in [-0.15, -0.1) is 0 Å². The Labute approximate surface area is 150 Å². The maximum Gasteiger partial charge on any atom is 0.411 e. The summed E-state index contributed by atoms with van der Waals surface area (Å²) in [5.74, 6) is 0. The van der Waals surface area contributed by atoms with Crippen molar-refractivity contribution < 1.29 is 9.53 Å². The lowest BCUT2D eigenvalue weighted by atomic mass is 10.1. The first-order valence-corrected chi connectivity index (χ1v) is 8.23. The highest BCUT2D eigenvalue weighted by atomic mass is 35.5. The number of fused-ring (bicyclic) bond motifs is 1. The van der Waals surface area contributed by atoms with Crippen LogP contribution in [0, 0.1) is 6.92 Å². The molecule has 0 bridgehead atoms. The normalized spacial score (nSPS) is 10.8. The monoisotopic (exact) mass is 358 g/mol. The van der Waals surface area contributed by atoms with Gasteiger partial charge in [-0.3, -0.25) is 5.32 Å². The summed E-state index contributed by atoms with van der Waals surface area (Å²) in [7, 11) is 1.32. The van der Waals surface area contributed by atoms with E-state index in [1.54, 1.807) is 18.2 Å². The van der Waals surface area contributed by atoms with Crippen molar-refractivity contribution in [3.8, 4) is 0 Å². The molecule has 0 fully saturated rings. The van der Waals surface area contributed by atoms with E-state index in [0.29, 0.717) is 23.8 Å². The number of imidazole rings is 1. The van der Waals surface area contributed by atoms with Crippen LogP contribution in [0.25, 0.3) is 5.65 Å². The van der Waals surface area contributed by atoms with Crippen molar-refractivity contribution in [2.45, 2.75) is 20.0 Å². The van der Waals surface area contributed by atoms with Gasteiger partial charge in [0.1, 0.15) is 5.65 Å². The summed E-state index contributed by atoms with van der Waals surface area (Å²) in [5.41, 5.74) is 4.42. The molecular formula is C18H19ClN4O2. The van der Waals surface area contributed by atoms with Crippen molar-refractivity contribution in [2.24, 2.45) is 0 Å². The minimum absolute atomic E-state index is 0.499. The van der Waals surface area contributed by atoms with Gasteiger partial charge in [0.15, 0.2) is 0 Å². The van der Waals surface area contributed by atoms with Crippen molar-refractivity contribution in [3.05, 3.63) is 64.6 Å². The highest BCUT2D eigenvalue weighted by molar-refractivity contribution is 6.31. The summed E-state index contributed by atoms with van der Waals surface area (Å²) in [6.07, 6.45) is 1.47. The maximum absolute atomic E-state index is 11.5. The second-order valence-corrected chi connectivity index (χ2v) is 5.97. The summed E-state index contributed by atoms with van der Waals surface area (Å²) >= 11 is 6.29. The Hall–Kier alpha value is -2.57. The van der Waals surface area contributed by atoms with E-state index >= 15 is 0 Å². The number of aryl methyl sites for hydroxylation is 1. The Bertz CT molecular complexity index is 907. The third-order valence-corrected chi connectivity index (χ3v) is 4.32. The van der Waals surface area contributed by atoms with Crippen LogP contribution in [0.2, 0.25) is 5.02 Å². The molecule has 25 heavy (non-hydrogen) atoms. The van der Waals surface area contributed by atoms with Crippen molar-refractivity contribution in [1.29, 1.82) is 0 Å². The number of carbonyl (C=O) groups is 1. The van der Waals surface area contributed by atoms with E-state index in [4.69, 9.17) is 11.6 Å². The Morgan fingerprint density at radius 1 is 1.24 bits per heavy atom. The van der Waals surface area contributed by atoms with Crippen molar-refractivity contribution in [2.75, 3.05) is 12.4 Å². The predicted molar refractivity (Wildman–Crippen MR) is 98.0 cm³/mol. The molecule has 1 aromatic carbocycles. The third kappa shape index (κ3) is 3.75. The molecule has 0 spiro atoms. The van der Waals surface area contributed by atoms with Gasteiger partial charge in [0.25, 0.3) is 0 Å². The van der Waals surface area contributed by atoms with E-state index in [0.717, 1.165) is 22.6 Å². The van der Waals surface area contributed by atoms with Gasteiger partial charge >= 0.3 is 6.09 Å². The Balaban J connectivity index is 1.75. The second kappa shape index (κ2) is 7.55. The van der Waals surface area contributed by atoms with Crippen LogP contribution in [-0.2, 0) is 17.8 Å². The maximum atomic E-state index is 11.5. The van der Waals surface area contributed by atoms with E-state index in [9.17, 15) is 4.79 Å². The van der Waals surface area contributed by atoms with Crippen LogP contribution in [0.1, 0.15) is 17.0 Å². The summed E-state index contributed by atoms with van der Waals surface area (Å²) in [6, 6.07) is 11.3. The number of aromatic nitrogens is 2. The lowest BCUT2D eigenvalue weighted by Crippen LogP contribution is -2.18. The average molecular weight is 359 g/mol. The van der Waals surface area contributed by atoms with Crippen molar-refractivity contribution >= 4 is 29.0 Å². The number of benzene rings is 1. The molecule has 0 saturated heterocycles. The lowest BCUT2D eigenvalue weighted by molar-refractivity contribution is 0.187. The number of halogens is 1. The number of nitrogens with one attached hydrogen (secondary N) is 2. The van der Waals surface area contributed by atoms with Crippen LogP contribution in [-0.4, -0.2) is 22.6 Å². The van der Waals surface area contributed by atoms with Gasteiger partial charge in [0.2, 0.25) is 0 Å². The first-order valence-electron chi connectivity index (χ1n) is 7.86. The van der Waals surface area contributed by atoms with Crippen LogP contribution >= 0.6 is 11.6 Å². The molecule has 0 aliphatic carbocycles. The van der Waals surface area contributed by atoms with Crippen molar-refractivity contribution in [1.82, 2.24) is 14.7 Å². The van der Waals surface area contributed by atoms with E-state index < -0.39 is 6.09 Å². The number of nitrogens with zero attached hydrogens (tertiary/aromatic N) is 2. The van der Waals surface area contributed by atoms with Crippen LogP contribution in [0.15, 0.2) is 42.6 Å². The molecule has 0 saturated carbocycles. The Morgan fingerprint density at radius 3 is 2.88 bits per heavy atom. The first-order chi connectivity index (χ1) is 12.1. The zero-order chi connectivity index (χ0) is 17.8. The van der Waals surface area contributed by atoms with Gasteiger partial charge in [-0.2, -0.15) is 0 Å². The molecule has 3 aromatic rings. The van der Waals surface area contributed by atoms with Gasteiger partial charge in [0.05, 0.1) is 18.5 Å². The highest BCUT2D eigenvalue weighted by Gasteiger charge is 2.12. The molecular weight excluding hydrogens is 340 g/mol. The molecule has 7 heteroatoms. The van der Waals surface area contributed by atoms with Crippen LogP contribution in [0.4, 0.5) is 10.5 Å². The number of amides is 1. The first kappa shape index (κ1) is 17.3. The number of hydrogen-bond donors (Lipinski definition) is 2. The zero-order valence-corrected chi connectivity index (χ0v) is 14.8. The van der Waals surface area contributed by atoms with E-state index in [1.165, 1.54) is 7.11 Å². The van der Waals surface area contributed by atoms with E-state index in [1.807, 2.05) is 31.3 Å². The fourth-order valence-electron chi connectivity index (χ4n) is 2.70. The molecule has 0 atom stereocenters. The minimum atomic E-state index is -0.527. The summed E-state index contributed by atoms with van der Waals surface area (Å²) in [5, 5.41) is 6.63. The quantitative estimate of drug-likeness (QED) is 0.728. The molecule has 0 aliphatic rings. The molecule has 0 radical (unpaired) electrons. The summed E-state index contributed by atoms with van der Waals surface area (Å²) in [4.78, 5) is 16.0. The standard InChI is InChI=1S/C18H19ClN4O2/c1-12-16(23-9-4-3-8-17(23)21-12)11-20-10-13-14(19)6-5-7-15(13)22-18(24)25-2/h3-9,20H,10-11H2,1-2H3,(H,22,24). The summed E-state index contributed by atoms with van der Waals surface area (Å²) < 4.78 is 6.71. The molecule has 6 nitrogen and oxygen atoms in total. The minimum Gasteiger partial charge on any atom is -0.453 e. The van der Waals surface area contributed by atoms with Gasteiger partial charge in [-0.25, -0.2) is 9.78 Å². The van der Waals surface area contributed by atoms with E-state index in [2.05, 4.69) is 24.8 Å². The van der Waals surface area contributed by atoms with Crippen LogP contribution in [0.3, 0.4) is 0 Å². The Kier molecular flexibility index (Phi) is 5.21. The molecule has 2 N–H and O–H groups in total. The molecule has 1 amide bonds. The van der Waals surface area contributed by atoms with E-state index in [-0.39, 0.29) is 0 Å². The van der Waals surface area contributed by atoms with Crippen LogP contribution in [0.5, 0.6) is 0 Å². The Morgan fingerprint density at radius 2 is 2.08 bits per heavy atom. The number of carbonyl (C=O) groups excluding carboxylic acids is 1. The lowest BCUT2D eigenvalue weighted by Gasteiger charge is -2.13. The average Bonchev–Trinajstić information content (AvgIpc) is 2.92. The smallest absolute Gasteiger partial charge is 0.411 e. The zero-order valence-electron chi connectivity index (χ0n) is 14.0. The number of methoxy groups -OCH3 is 1. The number of hydrogen-bond acceptors (Lipinski definition) is 4. The second-order valence-electron chi connectivity index (χ2n) is 5.56.